The van der Waals surface area contributed by atoms with E-state index in [1.165, 1.54) is 6.08 Å². The summed E-state index contributed by atoms with van der Waals surface area (Å²) in [6, 6.07) is -2.75. The number of hydrogen-bond donors (Lipinski definition) is 3. The SMILES string of the molecule is NC(=O)C1=CC(CO)N2CC1N(OS(=O)(=O)O)C2=O.[H-].[Na+]. The van der Waals surface area contributed by atoms with E-state index in [1.807, 2.05) is 0 Å². The van der Waals surface area contributed by atoms with Gasteiger partial charge in [-0.3, -0.25) is 9.35 Å². The van der Waals surface area contributed by atoms with Gasteiger partial charge < -0.3 is 17.2 Å². The van der Waals surface area contributed by atoms with Crippen molar-refractivity contribution in [3.8, 4) is 0 Å². The molecule has 2 aliphatic rings. The number of carbonyl (C=O) groups is 2. The summed E-state index contributed by atoms with van der Waals surface area (Å²) < 4.78 is 34.1. The number of carbonyl (C=O) groups excluding carboxylic acids is 2. The maximum absolute atomic E-state index is 11.9. The Bertz CT molecular complexity index is 568. The fraction of sp³-hybridized carbons (Fsp3) is 0.500. The second kappa shape index (κ2) is 5.97. The van der Waals surface area contributed by atoms with Gasteiger partial charge in [0.2, 0.25) is 5.91 Å². The molecule has 0 aromatic carbocycles. The molecule has 10 nitrogen and oxygen atoms in total. The minimum absolute atomic E-state index is 0. The smallest absolute Gasteiger partial charge is 1.00 e. The number of urea groups is 1. The Kier molecular flexibility index (Phi) is 5.18. The van der Waals surface area contributed by atoms with Gasteiger partial charge in [-0.1, -0.05) is 0 Å². The van der Waals surface area contributed by atoms with Crippen LogP contribution in [0.5, 0.6) is 0 Å². The van der Waals surface area contributed by atoms with Crippen LogP contribution in [0.4, 0.5) is 4.79 Å². The summed E-state index contributed by atoms with van der Waals surface area (Å²) in [5, 5.41) is 9.48. The standard InChI is InChI=1S/C8H11N3O7S.Na.H/c9-7(13)5-1-4(3-12)10-2-6(5)11(8(10)14)18-19(15,16)17;;/h1,4,6,12H,2-3H2,(H2,9,13)(H,15,16,17);;/q;+1;-1. The normalized spacial score (nSPS) is 25.3. The summed E-state index contributed by atoms with van der Waals surface area (Å²) in [5.41, 5.74) is 5.06. The first-order valence-electron chi connectivity index (χ1n) is 5.14. The molecule has 108 valence electrons. The van der Waals surface area contributed by atoms with Crippen LogP contribution >= 0.6 is 0 Å². The molecule has 2 unspecified atom stereocenters. The number of hydrogen-bond acceptors (Lipinski definition) is 6. The van der Waals surface area contributed by atoms with Gasteiger partial charge in [0, 0.05) is 5.57 Å². The molecule has 2 atom stereocenters. The minimum Gasteiger partial charge on any atom is -1.00 e. The van der Waals surface area contributed by atoms with Crippen LogP contribution in [-0.2, 0) is 19.5 Å². The van der Waals surface area contributed by atoms with Gasteiger partial charge in [0.1, 0.15) is 6.04 Å². The summed E-state index contributed by atoms with van der Waals surface area (Å²) in [5.74, 6) is -0.873. The summed E-state index contributed by atoms with van der Waals surface area (Å²) in [6.45, 7) is -0.538. The zero-order valence-corrected chi connectivity index (χ0v) is 13.3. The molecule has 1 fully saturated rings. The number of hydroxylamine groups is 2. The van der Waals surface area contributed by atoms with Crippen molar-refractivity contribution >= 4 is 22.3 Å². The van der Waals surface area contributed by atoms with Gasteiger partial charge in [0.15, 0.2) is 0 Å². The molecule has 0 saturated carbocycles. The number of rotatable bonds is 4. The third kappa shape index (κ3) is 3.14. The zero-order valence-electron chi connectivity index (χ0n) is 11.5. The van der Waals surface area contributed by atoms with E-state index in [2.05, 4.69) is 4.28 Å². The molecule has 1 saturated heterocycles. The zero-order chi connectivity index (χ0) is 14.4. The minimum atomic E-state index is -4.92. The van der Waals surface area contributed by atoms with Crippen molar-refractivity contribution in [3.05, 3.63) is 11.6 Å². The van der Waals surface area contributed by atoms with Crippen LogP contribution in [0.25, 0.3) is 0 Å². The first kappa shape index (κ1) is 17.4. The Morgan fingerprint density at radius 1 is 1.60 bits per heavy atom. The molecule has 12 heteroatoms. The van der Waals surface area contributed by atoms with Crippen LogP contribution in [0.1, 0.15) is 1.43 Å². The fourth-order valence-electron chi connectivity index (χ4n) is 2.09. The number of aliphatic hydroxyl groups is 1. The maximum atomic E-state index is 11.9. The van der Waals surface area contributed by atoms with Crippen molar-refractivity contribution in [2.75, 3.05) is 13.2 Å². The van der Waals surface area contributed by atoms with Gasteiger partial charge in [0.25, 0.3) is 0 Å². The first-order chi connectivity index (χ1) is 8.74. The molecule has 2 heterocycles. The van der Waals surface area contributed by atoms with Gasteiger partial charge in [-0.25, -0.2) is 4.79 Å². The number of nitrogens with two attached hydrogens (primary N) is 1. The van der Waals surface area contributed by atoms with E-state index >= 15 is 0 Å². The van der Waals surface area contributed by atoms with E-state index in [9.17, 15) is 18.0 Å². The van der Waals surface area contributed by atoms with Gasteiger partial charge in [-0.2, -0.15) is 13.5 Å². The van der Waals surface area contributed by atoms with E-state index in [1.54, 1.807) is 0 Å². The molecule has 0 aromatic heterocycles. The Morgan fingerprint density at radius 3 is 2.65 bits per heavy atom. The second-order valence-corrected chi connectivity index (χ2v) is 5.02. The molecule has 2 bridgehead atoms. The second-order valence-electron chi connectivity index (χ2n) is 4.01. The summed E-state index contributed by atoms with van der Waals surface area (Å²) >= 11 is 0. The predicted molar refractivity (Wildman–Crippen MR) is 59.6 cm³/mol. The summed E-state index contributed by atoms with van der Waals surface area (Å²) in [7, 11) is -4.92. The topological polar surface area (TPSA) is 150 Å². The largest absolute Gasteiger partial charge is 1.00 e. The van der Waals surface area contributed by atoms with Gasteiger partial charge in [-0.15, -0.1) is 4.28 Å². The van der Waals surface area contributed by atoms with E-state index in [-0.39, 0.29) is 43.1 Å². The van der Waals surface area contributed by atoms with Gasteiger partial charge in [-0.05, 0) is 6.08 Å². The Morgan fingerprint density at radius 2 is 2.20 bits per heavy atom. The number of primary amides is 1. The van der Waals surface area contributed by atoms with Crippen LogP contribution in [0, 0.1) is 0 Å². The van der Waals surface area contributed by atoms with E-state index < -0.39 is 41.0 Å². The van der Waals surface area contributed by atoms with Crippen LogP contribution in [-0.4, -0.2) is 65.2 Å². The number of amides is 3. The monoisotopic (exact) mass is 317 g/mol. The maximum Gasteiger partial charge on any atom is 1.00 e. The van der Waals surface area contributed by atoms with Crippen molar-refractivity contribution in [2.45, 2.75) is 12.1 Å². The molecule has 20 heavy (non-hydrogen) atoms. The molecular formula is C8H12N3NaO7S. The molecule has 2 aliphatic heterocycles. The molecule has 4 N–H and O–H groups in total. The number of aliphatic hydroxyl groups excluding tert-OH is 1. The number of nitrogens with zero attached hydrogens (tertiary/aromatic N) is 2. The van der Waals surface area contributed by atoms with Crippen LogP contribution in [0.3, 0.4) is 0 Å². The average Bonchev–Trinajstić information content (AvgIpc) is 2.54. The molecule has 0 radical (unpaired) electrons. The Hall–Kier alpha value is -0.690. The first-order valence-corrected chi connectivity index (χ1v) is 6.50. The van der Waals surface area contributed by atoms with Crippen LogP contribution in [0.15, 0.2) is 11.6 Å². The third-order valence-corrected chi connectivity index (χ3v) is 3.21. The summed E-state index contributed by atoms with van der Waals surface area (Å²) in [4.78, 5) is 24.2. The average molecular weight is 317 g/mol. The molecule has 2 rings (SSSR count). The van der Waals surface area contributed by atoms with Gasteiger partial charge >= 0.3 is 46.0 Å². The molecule has 0 aromatic rings. The molecule has 0 spiro atoms. The van der Waals surface area contributed by atoms with Crippen molar-refractivity contribution < 1.29 is 62.9 Å². The quantitative estimate of drug-likeness (QED) is 0.346. The molecular weight excluding hydrogens is 305 g/mol. The third-order valence-electron chi connectivity index (χ3n) is 2.86. The van der Waals surface area contributed by atoms with Crippen LogP contribution < -0.4 is 35.3 Å². The van der Waals surface area contributed by atoms with Crippen molar-refractivity contribution in [1.29, 1.82) is 0 Å². The van der Waals surface area contributed by atoms with Gasteiger partial charge in [0.05, 0.1) is 19.2 Å². The van der Waals surface area contributed by atoms with Crippen molar-refractivity contribution in [2.24, 2.45) is 5.73 Å². The molecule has 0 aliphatic carbocycles. The van der Waals surface area contributed by atoms with Crippen molar-refractivity contribution in [1.82, 2.24) is 9.96 Å². The molecule has 3 amide bonds. The van der Waals surface area contributed by atoms with E-state index in [0.717, 1.165) is 4.90 Å². The Balaban J connectivity index is 0.00000200. The van der Waals surface area contributed by atoms with E-state index in [0.29, 0.717) is 5.06 Å². The van der Waals surface area contributed by atoms with Crippen LogP contribution in [0.2, 0.25) is 0 Å². The van der Waals surface area contributed by atoms with E-state index in [4.69, 9.17) is 15.4 Å². The predicted octanol–water partition coefficient (Wildman–Crippen LogP) is -5.27. The summed E-state index contributed by atoms with van der Waals surface area (Å²) in [6.07, 6.45) is 1.27. The number of fused-ring (bicyclic) bond motifs is 2. The fourth-order valence-corrected chi connectivity index (χ4v) is 2.46. The van der Waals surface area contributed by atoms with Crippen molar-refractivity contribution in [3.63, 3.8) is 0 Å². The Labute approximate surface area is 137 Å².